The zero-order valence-corrected chi connectivity index (χ0v) is 19.3. The molecule has 6 N–H and O–H groups in total. The SMILES string of the molecule is C=C(C)CNC(=O)C(Cc1ccccc1)NC(=O)CNC(=C)CNC(=C)CCCCCN. The van der Waals surface area contributed by atoms with Gasteiger partial charge in [0.15, 0.2) is 0 Å². The van der Waals surface area contributed by atoms with Crippen LogP contribution < -0.4 is 27.0 Å². The summed E-state index contributed by atoms with van der Waals surface area (Å²) in [4.78, 5) is 25.1. The molecule has 0 saturated heterocycles. The molecule has 0 aliphatic heterocycles. The number of carbonyl (C=O) groups excluding carboxylic acids is 2. The predicted octanol–water partition coefficient (Wildman–Crippen LogP) is 2.13. The maximum Gasteiger partial charge on any atom is 0.243 e. The minimum Gasteiger partial charge on any atom is -0.383 e. The quantitative estimate of drug-likeness (QED) is 0.188. The molecular formula is C25H39N5O2. The van der Waals surface area contributed by atoms with Crippen molar-refractivity contribution in [3.8, 4) is 0 Å². The van der Waals surface area contributed by atoms with Crippen molar-refractivity contribution in [1.82, 2.24) is 21.3 Å². The number of unbranched alkanes of at least 4 members (excludes halogenated alkanes) is 2. The van der Waals surface area contributed by atoms with E-state index in [1.807, 2.05) is 37.3 Å². The molecule has 0 aliphatic carbocycles. The molecule has 1 atom stereocenters. The van der Waals surface area contributed by atoms with E-state index in [0.717, 1.165) is 42.5 Å². The molecular weight excluding hydrogens is 402 g/mol. The molecule has 0 fully saturated rings. The van der Waals surface area contributed by atoms with Crippen molar-refractivity contribution in [2.24, 2.45) is 5.73 Å². The molecule has 0 bridgehead atoms. The Bertz CT molecular complexity index is 761. The molecule has 0 radical (unpaired) electrons. The first kappa shape index (κ1) is 27.0. The first-order valence-corrected chi connectivity index (χ1v) is 11.1. The van der Waals surface area contributed by atoms with Crippen LogP contribution in [0.5, 0.6) is 0 Å². The van der Waals surface area contributed by atoms with Crippen molar-refractivity contribution < 1.29 is 9.59 Å². The van der Waals surface area contributed by atoms with Gasteiger partial charge in [0, 0.05) is 24.4 Å². The molecule has 7 nitrogen and oxygen atoms in total. The van der Waals surface area contributed by atoms with Crippen LogP contribution in [0.25, 0.3) is 0 Å². The normalized spacial score (nSPS) is 11.2. The van der Waals surface area contributed by atoms with Crippen molar-refractivity contribution in [3.05, 3.63) is 72.6 Å². The lowest BCUT2D eigenvalue weighted by molar-refractivity contribution is -0.128. The van der Waals surface area contributed by atoms with E-state index in [1.54, 1.807) is 0 Å². The first-order valence-electron chi connectivity index (χ1n) is 11.1. The van der Waals surface area contributed by atoms with Crippen molar-refractivity contribution in [2.75, 3.05) is 26.2 Å². The van der Waals surface area contributed by atoms with Crippen LogP contribution in [-0.4, -0.2) is 44.0 Å². The third kappa shape index (κ3) is 12.6. The average Bonchev–Trinajstić information content (AvgIpc) is 2.77. The van der Waals surface area contributed by atoms with Crippen molar-refractivity contribution >= 4 is 11.8 Å². The van der Waals surface area contributed by atoms with Gasteiger partial charge in [-0.1, -0.05) is 62.1 Å². The standard InChI is InChI=1S/C25H39N5O2/c1-19(2)16-29-25(32)23(15-22-12-8-5-9-13-22)30-24(31)18-28-21(4)17-27-20(3)11-7-6-10-14-26/h5,8-9,12-13,23,27-28H,1,3-4,6-7,10-11,14-18,26H2,2H3,(H,29,32)(H,30,31). The van der Waals surface area contributed by atoms with Gasteiger partial charge < -0.3 is 27.0 Å². The summed E-state index contributed by atoms with van der Waals surface area (Å²) in [5, 5.41) is 11.8. The Morgan fingerprint density at radius 2 is 1.59 bits per heavy atom. The van der Waals surface area contributed by atoms with Crippen molar-refractivity contribution in [3.63, 3.8) is 0 Å². The molecule has 1 rings (SSSR count). The summed E-state index contributed by atoms with van der Waals surface area (Å²) in [7, 11) is 0. The van der Waals surface area contributed by atoms with Crippen LogP contribution in [0.1, 0.15) is 38.2 Å². The van der Waals surface area contributed by atoms with Gasteiger partial charge in [-0.3, -0.25) is 9.59 Å². The summed E-state index contributed by atoms with van der Waals surface area (Å²) >= 11 is 0. The molecule has 176 valence electrons. The van der Waals surface area contributed by atoms with Crippen LogP contribution in [0.4, 0.5) is 0 Å². The molecule has 1 unspecified atom stereocenters. The van der Waals surface area contributed by atoms with E-state index in [9.17, 15) is 9.59 Å². The Hall–Kier alpha value is -3.06. The monoisotopic (exact) mass is 441 g/mol. The van der Waals surface area contributed by atoms with E-state index in [0.29, 0.717) is 31.8 Å². The predicted molar refractivity (Wildman–Crippen MR) is 132 cm³/mol. The summed E-state index contributed by atoms with van der Waals surface area (Å²) in [5.74, 6) is -0.519. The first-order chi connectivity index (χ1) is 15.3. The Kier molecular flexibility index (Phi) is 13.2. The number of rotatable bonds is 17. The lowest BCUT2D eigenvalue weighted by atomic mass is 10.1. The lowest BCUT2D eigenvalue weighted by Gasteiger charge is -2.19. The Labute approximate surface area is 192 Å². The van der Waals surface area contributed by atoms with Gasteiger partial charge in [-0.05, 0) is 38.3 Å². The fourth-order valence-electron chi connectivity index (χ4n) is 2.91. The Morgan fingerprint density at radius 3 is 2.25 bits per heavy atom. The zero-order valence-electron chi connectivity index (χ0n) is 19.3. The molecule has 7 heteroatoms. The van der Waals surface area contributed by atoms with Gasteiger partial charge >= 0.3 is 0 Å². The molecule has 0 aliphatic rings. The highest BCUT2D eigenvalue weighted by Gasteiger charge is 2.21. The van der Waals surface area contributed by atoms with Crippen LogP contribution in [-0.2, 0) is 16.0 Å². The van der Waals surface area contributed by atoms with Gasteiger partial charge in [0.1, 0.15) is 6.04 Å². The summed E-state index contributed by atoms with van der Waals surface area (Å²) in [6, 6.07) is 8.91. The minimum atomic E-state index is -0.675. The molecule has 2 amide bonds. The van der Waals surface area contributed by atoms with Gasteiger partial charge in [0.25, 0.3) is 0 Å². The maximum atomic E-state index is 12.6. The second-order valence-corrected chi connectivity index (χ2v) is 8.00. The third-order valence-electron chi connectivity index (χ3n) is 4.73. The number of benzene rings is 1. The zero-order chi connectivity index (χ0) is 23.8. The van der Waals surface area contributed by atoms with E-state index >= 15 is 0 Å². The highest BCUT2D eigenvalue weighted by atomic mass is 16.2. The van der Waals surface area contributed by atoms with Crippen molar-refractivity contribution in [1.29, 1.82) is 0 Å². The summed E-state index contributed by atoms with van der Waals surface area (Å²) < 4.78 is 0. The van der Waals surface area contributed by atoms with E-state index in [-0.39, 0.29) is 18.4 Å². The van der Waals surface area contributed by atoms with Gasteiger partial charge in [0.05, 0.1) is 13.1 Å². The average molecular weight is 442 g/mol. The molecule has 0 heterocycles. The van der Waals surface area contributed by atoms with E-state index in [1.165, 1.54) is 0 Å². The molecule has 0 saturated carbocycles. The van der Waals surface area contributed by atoms with Crippen molar-refractivity contribution in [2.45, 2.75) is 45.1 Å². The molecule has 1 aromatic carbocycles. The second-order valence-electron chi connectivity index (χ2n) is 8.00. The maximum absolute atomic E-state index is 12.6. The smallest absolute Gasteiger partial charge is 0.243 e. The van der Waals surface area contributed by atoms with Crippen LogP contribution in [0.15, 0.2) is 67.0 Å². The Morgan fingerprint density at radius 1 is 0.906 bits per heavy atom. The number of hydrogen-bond acceptors (Lipinski definition) is 5. The Balaban J connectivity index is 2.46. The van der Waals surface area contributed by atoms with Gasteiger partial charge in [0.2, 0.25) is 11.8 Å². The number of nitrogens with one attached hydrogen (secondary N) is 4. The molecule has 32 heavy (non-hydrogen) atoms. The molecule has 0 spiro atoms. The number of hydrogen-bond donors (Lipinski definition) is 5. The van der Waals surface area contributed by atoms with Crippen LogP contribution >= 0.6 is 0 Å². The number of allylic oxidation sites excluding steroid dienone is 1. The number of carbonyl (C=O) groups is 2. The highest BCUT2D eigenvalue weighted by Crippen LogP contribution is 2.05. The van der Waals surface area contributed by atoms with E-state index in [2.05, 4.69) is 41.0 Å². The van der Waals surface area contributed by atoms with Crippen LogP contribution in [0.3, 0.4) is 0 Å². The van der Waals surface area contributed by atoms with Gasteiger partial charge in [-0.25, -0.2) is 0 Å². The van der Waals surface area contributed by atoms with E-state index < -0.39 is 6.04 Å². The number of nitrogens with two attached hydrogens (primary N) is 1. The summed E-state index contributed by atoms with van der Waals surface area (Å²) in [6.45, 7) is 15.2. The molecule has 0 aromatic heterocycles. The molecule has 1 aromatic rings. The fraction of sp³-hybridized carbons (Fsp3) is 0.440. The topological polar surface area (TPSA) is 108 Å². The van der Waals surface area contributed by atoms with Crippen LogP contribution in [0, 0.1) is 0 Å². The largest absolute Gasteiger partial charge is 0.383 e. The lowest BCUT2D eigenvalue weighted by Crippen LogP contribution is -2.50. The second kappa shape index (κ2) is 15.7. The fourth-order valence-corrected chi connectivity index (χ4v) is 2.91. The van der Waals surface area contributed by atoms with Crippen LogP contribution in [0.2, 0.25) is 0 Å². The summed E-state index contributed by atoms with van der Waals surface area (Å²) in [5.41, 5.74) is 8.92. The highest BCUT2D eigenvalue weighted by molar-refractivity contribution is 5.88. The minimum absolute atomic E-state index is 0.0303. The van der Waals surface area contributed by atoms with Gasteiger partial charge in [-0.2, -0.15) is 0 Å². The van der Waals surface area contributed by atoms with Gasteiger partial charge in [-0.15, -0.1) is 0 Å². The van der Waals surface area contributed by atoms with E-state index in [4.69, 9.17) is 5.73 Å². The third-order valence-corrected chi connectivity index (χ3v) is 4.73. The summed E-state index contributed by atoms with van der Waals surface area (Å²) in [6.07, 6.45) is 4.44. The number of amides is 2.